The van der Waals surface area contributed by atoms with Crippen molar-refractivity contribution < 1.29 is 64.6 Å². The summed E-state index contributed by atoms with van der Waals surface area (Å²) >= 11 is 1.08. The molecule has 7 aliphatic rings. The summed E-state index contributed by atoms with van der Waals surface area (Å²) in [6.45, 7) is 17.4. The van der Waals surface area contributed by atoms with Gasteiger partial charge in [0.1, 0.15) is 58.4 Å². The van der Waals surface area contributed by atoms with Gasteiger partial charge in [-0.3, -0.25) is 0 Å². The van der Waals surface area contributed by atoms with Crippen LogP contribution in [0.5, 0.6) is 46.0 Å². The Morgan fingerprint density at radius 1 is 0.466 bits per heavy atom. The number of methoxy groups -OCH3 is 2. The number of thiocyanates is 1. The van der Waals surface area contributed by atoms with Crippen LogP contribution in [0.3, 0.4) is 0 Å². The standard InChI is InChI=1S/C17H18NO2.C16H15N2O.C16H22NO2.C13H21N3OP.C10H9N2OS.C10H9N2O/c1-12-6-4-5-7-16(12)18-10-14-9-15(19-3)8-13(2)17(14)20-11-18;1-13-6-5-9-15-11-18(12-19-16(13)15)17-10-14-7-3-2-4-8-14;1-12-8-15(18-2)9-13-10-17(11-19-16(12)13)14-6-4-3-5-7-14;1-11-7-6-8-12-9-16(10-17-13(11)12)18(14(2)3)15(4)5;1-8-3-2-4-9-5-12(14-6-11)7-13-10(8)9;1-8-3-2-4-9-5-12(6-11)7-13-10(8)9/h4-10H,11H2,1-3H3;2-11H,12H2,1H3;8-10,14H,3-7,11H2,1-2H3;6-9H,10H2,1-5H3;2-5H,7H2,1H3;2-5H,7H2,1H3/q6*+1/b;17-10+;;;;. The molecule has 530 valence electrons. The maximum Gasteiger partial charge on any atom is 0.461 e. The van der Waals surface area contributed by atoms with E-state index in [0.717, 1.165) is 125 Å². The van der Waals surface area contributed by atoms with Gasteiger partial charge in [-0.25, -0.2) is 9.34 Å². The highest BCUT2D eigenvalue weighted by atomic mass is 32.2. The Hall–Kier alpha value is -10.5. The van der Waals surface area contributed by atoms with E-state index >= 15 is 0 Å². The molecule has 0 bridgehead atoms. The first-order valence-corrected chi connectivity index (χ1v) is 36.3. The van der Waals surface area contributed by atoms with E-state index in [1.54, 1.807) is 29.1 Å². The molecule has 0 unspecified atom stereocenters. The largest absolute Gasteiger partial charge is 0.497 e. The molecular formula is C82H94N11O8PS+6. The maximum atomic E-state index is 8.65. The Morgan fingerprint density at radius 2 is 0.942 bits per heavy atom. The molecule has 1 saturated carbocycles. The smallest absolute Gasteiger partial charge is 0.461 e. The van der Waals surface area contributed by atoms with Gasteiger partial charge in [-0.2, -0.15) is 18.8 Å². The predicted octanol–water partition coefficient (Wildman–Crippen LogP) is 14.6. The minimum Gasteiger partial charge on any atom is -0.497 e. The molecule has 0 amide bonds. The van der Waals surface area contributed by atoms with Crippen molar-refractivity contribution in [3.8, 4) is 57.6 Å². The van der Waals surface area contributed by atoms with Crippen LogP contribution < -0.4 is 37.9 Å². The predicted molar refractivity (Wildman–Crippen MR) is 411 cm³/mol. The van der Waals surface area contributed by atoms with Crippen molar-refractivity contribution in [3.05, 3.63) is 230 Å². The number of ether oxygens (including phenoxy) is 8. The van der Waals surface area contributed by atoms with E-state index in [1.165, 1.54) is 53.5 Å². The maximum absolute atomic E-state index is 8.65. The average molecular weight is 1420 g/mol. The van der Waals surface area contributed by atoms with Gasteiger partial charge < -0.3 is 37.9 Å². The SMILES string of the molecule is COc1cc(C)c2c(c1)C=[N+](C1CCCCC1)CO2.COc1cc(C)c2c(c1)C=[N+](c1ccccc1C)CO2.Cc1cccc2c1OC[N+](/N=C/c1ccccc1)=C2.Cc1cccc2c1OC[N+](C#N)=C2.Cc1cccc2c1OC[N+](P(N(C)C)N(C)C)=C2.Cc1cccc2c1OC[N+](SC#N)=C2. The van der Waals surface area contributed by atoms with Gasteiger partial charge in [0.15, 0.2) is 36.2 Å². The fraction of sp³-hybridized carbons (Fsp3) is 0.305. The molecule has 21 heteroatoms. The molecule has 103 heavy (non-hydrogen) atoms. The summed E-state index contributed by atoms with van der Waals surface area (Å²) in [4.78, 5) is 0. The second kappa shape index (κ2) is 36.4. The van der Waals surface area contributed by atoms with Crippen LogP contribution in [-0.2, 0) is 0 Å². The topological polar surface area (TPSA) is 158 Å². The average Bonchev–Trinajstić information content (AvgIpc) is 0.728. The van der Waals surface area contributed by atoms with Gasteiger partial charge in [0.05, 0.1) is 47.6 Å². The van der Waals surface area contributed by atoms with Gasteiger partial charge in [-0.15, -0.1) is 8.56 Å². The number of nitrogens with zero attached hydrogens (tertiary/aromatic N) is 11. The monoisotopic (exact) mass is 1420 g/mol. The molecule has 0 spiro atoms. The third-order valence-electron chi connectivity index (χ3n) is 17.7. The van der Waals surface area contributed by atoms with E-state index in [-0.39, 0.29) is 0 Å². The van der Waals surface area contributed by atoms with E-state index in [9.17, 15) is 0 Å². The highest BCUT2D eigenvalue weighted by Crippen LogP contribution is 2.42. The van der Waals surface area contributed by atoms with Crippen molar-refractivity contribution in [1.82, 2.24) is 9.34 Å². The summed E-state index contributed by atoms with van der Waals surface area (Å²) in [6, 6.07) is 51.3. The van der Waals surface area contributed by atoms with Gasteiger partial charge in [0.2, 0.25) is 24.0 Å². The molecule has 1 fully saturated rings. The van der Waals surface area contributed by atoms with E-state index in [1.807, 2.05) is 160 Å². The Morgan fingerprint density at radius 3 is 1.50 bits per heavy atom. The Kier molecular flexibility index (Phi) is 26.6. The first kappa shape index (κ1) is 75.2. The summed E-state index contributed by atoms with van der Waals surface area (Å²) in [7, 11) is 11.3. The zero-order valence-corrected chi connectivity index (χ0v) is 63.1. The van der Waals surface area contributed by atoms with Crippen molar-refractivity contribution in [2.75, 3.05) is 82.8 Å². The highest BCUT2D eigenvalue weighted by molar-refractivity contribution is 7.98. The van der Waals surface area contributed by atoms with E-state index in [4.69, 9.17) is 48.4 Å². The Balaban J connectivity index is 0.000000134. The van der Waals surface area contributed by atoms with Crippen molar-refractivity contribution in [3.63, 3.8) is 0 Å². The number of rotatable bonds is 10. The fourth-order valence-corrected chi connectivity index (χ4v) is 15.1. The third-order valence-corrected chi connectivity index (χ3v) is 20.3. The summed E-state index contributed by atoms with van der Waals surface area (Å²) < 4.78 is 61.4. The minimum absolute atomic E-state index is 0.314. The first-order chi connectivity index (χ1) is 49.9. The zero-order chi connectivity index (χ0) is 72.9. The second-order valence-electron chi connectivity index (χ2n) is 25.8. The molecule has 0 aromatic heterocycles. The van der Waals surface area contributed by atoms with Gasteiger partial charge in [0, 0.05) is 24.5 Å². The summed E-state index contributed by atoms with van der Waals surface area (Å²) in [6.07, 6.45) is 22.8. The molecule has 0 atom stereocenters. The molecule has 8 aromatic carbocycles. The quantitative estimate of drug-likeness (QED) is 0.0419. The van der Waals surface area contributed by atoms with Crippen LogP contribution in [0.15, 0.2) is 157 Å². The minimum atomic E-state index is -0.511. The lowest BCUT2D eigenvalue weighted by molar-refractivity contribution is -0.594. The van der Waals surface area contributed by atoms with Gasteiger partial charge >= 0.3 is 28.0 Å². The summed E-state index contributed by atoms with van der Waals surface area (Å²) in [5.74, 6) is 7.48. The van der Waals surface area contributed by atoms with Crippen LogP contribution in [0.4, 0.5) is 5.69 Å². The molecule has 0 N–H and O–H groups in total. The van der Waals surface area contributed by atoms with Gasteiger partial charge in [-0.05, 0) is 182 Å². The molecule has 8 aromatic rings. The van der Waals surface area contributed by atoms with Crippen LogP contribution >= 0.6 is 20.3 Å². The molecule has 1 aliphatic carbocycles. The number of para-hydroxylation sites is 5. The fourth-order valence-electron chi connectivity index (χ4n) is 12.7. The molecule has 0 radical (unpaired) electrons. The number of hydrazone groups is 1. The van der Waals surface area contributed by atoms with Crippen molar-refractivity contribution in [2.24, 2.45) is 5.10 Å². The highest BCUT2D eigenvalue weighted by Gasteiger charge is 2.33. The van der Waals surface area contributed by atoms with Crippen LogP contribution in [-0.4, -0.2) is 168 Å². The normalized spacial score (nSPS) is 14.9. The lowest BCUT2D eigenvalue weighted by atomic mass is 9.95. The first-order valence-electron chi connectivity index (χ1n) is 34.4. The van der Waals surface area contributed by atoms with E-state index in [2.05, 4.69) is 145 Å². The summed E-state index contributed by atoms with van der Waals surface area (Å²) in [5.41, 5.74) is 16.7. The van der Waals surface area contributed by atoms with Crippen LogP contribution in [0.2, 0.25) is 0 Å². The van der Waals surface area contributed by atoms with Crippen LogP contribution in [0.1, 0.15) is 110 Å². The van der Waals surface area contributed by atoms with E-state index in [0.29, 0.717) is 46.4 Å². The van der Waals surface area contributed by atoms with Crippen LogP contribution in [0, 0.1) is 70.6 Å². The second-order valence-corrected chi connectivity index (χ2v) is 29.3. The lowest BCUT2D eigenvalue weighted by Gasteiger charge is -2.26. The van der Waals surface area contributed by atoms with Gasteiger partial charge in [-0.1, -0.05) is 108 Å². The zero-order valence-electron chi connectivity index (χ0n) is 61.4. The number of hydrogen-bond acceptors (Lipinski definition) is 14. The Labute approximate surface area is 612 Å². The number of nitriles is 2. The number of benzene rings is 8. The van der Waals surface area contributed by atoms with Crippen molar-refractivity contribution >= 4 is 69.5 Å². The molecule has 19 nitrogen and oxygen atoms in total. The molecule has 6 aliphatic heterocycles. The molecule has 0 saturated heterocycles. The lowest BCUT2D eigenvalue weighted by Crippen LogP contribution is -2.35. The molecule has 6 heterocycles. The number of fused-ring (bicyclic) bond motifs is 6. The number of aryl methyl sites for hydroxylation is 7. The molecule has 15 rings (SSSR count). The van der Waals surface area contributed by atoms with E-state index < -0.39 is 8.37 Å². The van der Waals surface area contributed by atoms with Crippen molar-refractivity contribution in [2.45, 2.75) is 86.6 Å². The Bertz CT molecular complexity index is 4660. The summed E-state index contributed by atoms with van der Waals surface area (Å²) in [5, 5.41) is 23.6. The van der Waals surface area contributed by atoms with Crippen molar-refractivity contribution in [1.29, 1.82) is 10.5 Å². The van der Waals surface area contributed by atoms with Gasteiger partial charge in [0.25, 0.3) is 32.1 Å². The number of hydrogen-bond donors (Lipinski definition) is 0. The third kappa shape index (κ3) is 19.8. The van der Waals surface area contributed by atoms with Crippen LogP contribution in [0.25, 0.3) is 0 Å². The molecular weight excluding hydrogens is 1330 g/mol.